The molecule has 0 unspecified atom stereocenters. The third kappa shape index (κ3) is 2.30. The molecule has 0 bridgehead atoms. The van der Waals surface area contributed by atoms with Gasteiger partial charge < -0.3 is 16.0 Å². The number of hydrogen-bond donors (Lipinski definition) is 2. The van der Waals surface area contributed by atoms with Crippen molar-refractivity contribution in [2.75, 3.05) is 29.5 Å². The van der Waals surface area contributed by atoms with Crippen LogP contribution in [0.5, 0.6) is 0 Å². The summed E-state index contributed by atoms with van der Waals surface area (Å²) in [6, 6.07) is 14.6. The molecular formula is C17H19N5. The van der Waals surface area contributed by atoms with Gasteiger partial charge in [-0.15, -0.1) is 0 Å². The smallest absolute Gasteiger partial charge is 0.161 e. The summed E-state index contributed by atoms with van der Waals surface area (Å²) in [5.74, 6) is 1.36. The largest absolute Gasteiger partial charge is 0.393 e. The molecule has 1 aromatic heterocycles. The van der Waals surface area contributed by atoms with Crippen molar-refractivity contribution in [3.63, 3.8) is 0 Å². The Morgan fingerprint density at radius 3 is 2.64 bits per heavy atom. The summed E-state index contributed by atoms with van der Waals surface area (Å²) in [5.41, 5.74) is 7.87. The maximum atomic E-state index is 6.22. The average molecular weight is 293 g/mol. The fourth-order valence-electron chi connectivity index (χ4n) is 2.68. The van der Waals surface area contributed by atoms with E-state index in [1.807, 2.05) is 12.1 Å². The Kier molecular flexibility index (Phi) is 3.78. The van der Waals surface area contributed by atoms with Gasteiger partial charge in [-0.05, 0) is 18.4 Å². The number of rotatable bonds is 4. The molecule has 112 valence electrons. The highest BCUT2D eigenvalue weighted by Crippen LogP contribution is 2.35. The number of nitrogen functional groups attached to an aromatic ring is 1. The molecule has 3 rings (SSSR count). The van der Waals surface area contributed by atoms with Crippen LogP contribution in [-0.2, 0) is 0 Å². The van der Waals surface area contributed by atoms with Crippen LogP contribution in [0.4, 0.5) is 23.0 Å². The SMILES string of the molecule is CCN(c1ncnc(NC)c1N)c1cccc2ccccc12. The first-order chi connectivity index (χ1) is 10.8. The maximum absolute atomic E-state index is 6.22. The van der Waals surface area contributed by atoms with Crippen molar-refractivity contribution in [1.29, 1.82) is 0 Å². The summed E-state index contributed by atoms with van der Waals surface area (Å²) in [4.78, 5) is 10.7. The highest BCUT2D eigenvalue weighted by molar-refractivity contribution is 5.97. The van der Waals surface area contributed by atoms with Gasteiger partial charge in [0.05, 0.1) is 5.69 Å². The van der Waals surface area contributed by atoms with Crippen LogP contribution in [0.3, 0.4) is 0 Å². The third-order valence-corrected chi connectivity index (χ3v) is 3.73. The maximum Gasteiger partial charge on any atom is 0.161 e. The van der Waals surface area contributed by atoms with Crippen molar-refractivity contribution in [2.45, 2.75) is 6.92 Å². The fourth-order valence-corrected chi connectivity index (χ4v) is 2.68. The number of benzene rings is 2. The molecular weight excluding hydrogens is 274 g/mol. The van der Waals surface area contributed by atoms with E-state index in [4.69, 9.17) is 5.73 Å². The fraction of sp³-hybridized carbons (Fsp3) is 0.176. The van der Waals surface area contributed by atoms with Gasteiger partial charge in [0.25, 0.3) is 0 Å². The van der Waals surface area contributed by atoms with E-state index in [9.17, 15) is 0 Å². The van der Waals surface area contributed by atoms with Gasteiger partial charge in [-0.3, -0.25) is 0 Å². The number of nitrogens with one attached hydrogen (secondary N) is 1. The van der Waals surface area contributed by atoms with Crippen LogP contribution in [0, 0.1) is 0 Å². The van der Waals surface area contributed by atoms with E-state index in [1.54, 1.807) is 7.05 Å². The second kappa shape index (κ2) is 5.89. The molecule has 2 aromatic carbocycles. The zero-order chi connectivity index (χ0) is 15.5. The van der Waals surface area contributed by atoms with Crippen LogP contribution in [0.2, 0.25) is 0 Å². The molecule has 0 fully saturated rings. The number of aromatic nitrogens is 2. The Hall–Kier alpha value is -2.82. The Balaban J connectivity index is 2.19. The number of fused-ring (bicyclic) bond motifs is 1. The standard InChI is InChI=1S/C17H19N5/c1-3-22(17-15(18)16(19-2)20-11-21-17)14-10-6-8-12-7-4-5-9-13(12)14/h4-11H,3,18H2,1-2H3,(H,19,20,21). The first kappa shape index (κ1) is 14.1. The van der Waals surface area contributed by atoms with Crippen molar-refractivity contribution < 1.29 is 0 Å². The average Bonchev–Trinajstić information content (AvgIpc) is 2.57. The molecule has 0 spiro atoms. The van der Waals surface area contributed by atoms with Gasteiger partial charge in [-0.1, -0.05) is 36.4 Å². The summed E-state index contributed by atoms with van der Waals surface area (Å²) in [6.07, 6.45) is 1.53. The lowest BCUT2D eigenvalue weighted by Gasteiger charge is -2.25. The van der Waals surface area contributed by atoms with Crippen molar-refractivity contribution in [1.82, 2.24) is 9.97 Å². The number of anilines is 4. The van der Waals surface area contributed by atoms with Crippen LogP contribution >= 0.6 is 0 Å². The van der Waals surface area contributed by atoms with Gasteiger partial charge in [0, 0.05) is 19.0 Å². The van der Waals surface area contributed by atoms with Crippen LogP contribution < -0.4 is 16.0 Å². The monoisotopic (exact) mass is 293 g/mol. The number of nitrogens with two attached hydrogens (primary N) is 1. The summed E-state index contributed by atoms with van der Waals surface area (Å²) in [7, 11) is 1.80. The van der Waals surface area contributed by atoms with Gasteiger partial charge in [0.2, 0.25) is 0 Å². The topological polar surface area (TPSA) is 67.1 Å². The highest BCUT2D eigenvalue weighted by Gasteiger charge is 2.16. The van der Waals surface area contributed by atoms with Crippen molar-refractivity contribution in [2.24, 2.45) is 0 Å². The first-order valence-electron chi connectivity index (χ1n) is 7.29. The second-order valence-electron chi connectivity index (χ2n) is 4.95. The van der Waals surface area contributed by atoms with E-state index < -0.39 is 0 Å². The summed E-state index contributed by atoms with van der Waals surface area (Å²) >= 11 is 0. The summed E-state index contributed by atoms with van der Waals surface area (Å²) in [5, 5.41) is 5.37. The molecule has 5 heteroatoms. The first-order valence-corrected chi connectivity index (χ1v) is 7.29. The lowest BCUT2D eigenvalue weighted by atomic mass is 10.1. The normalized spacial score (nSPS) is 10.6. The molecule has 0 aliphatic carbocycles. The van der Waals surface area contributed by atoms with Gasteiger partial charge in [-0.2, -0.15) is 0 Å². The Bertz CT molecular complexity index is 795. The van der Waals surface area contributed by atoms with E-state index in [-0.39, 0.29) is 0 Å². The Labute approximate surface area is 129 Å². The molecule has 3 aromatic rings. The van der Waals surface area contributed by atoms with Crippen LogP contribution in [0.25, 0.3) is 10.8 Å². The predicted octanol–water partition coefficient (Wildman–Crippen LogP) is 3.41. The Morgan fingerprint density at radius 1 is 1.09 bits per heavy atom. The van der Waals surface area contributed by atoms with E-state index in [0.29, 0.717) is 11.5 Å². The van der Waals surface area contributed by atoms with Crippen molar-refractivity contribution in [3.8, 4) is 0 Å². The molecule has 22 heavy (non-hydrogen) atoms. The molecule has 3 N–H and O–H groups in total. The van der Waals surface area contributed by atoms with Crippen LogP contribution in [0.1, 0.15) is 6.92 Å². The minimum Gasteiger partial charge on any atom is -0.393 e. The van der Waals surface area contributed by atoms with Crippen LogP contribution in [-0.4, -0.2) is 23.6 Å². The summed E-state index contributed by atoms with van der Waals surface area (Å²) < 4.78 is 0. The van der Waals surface area contributed by atoms with Gasteiger partial charge in [-0.25, -0.2) is 9.97 Å². The van der Waals surface area contributed by atoms with Crippen molar-refractivity contribution in [3.05, 3.63) is 48.8 Å². The molecule has 0 radical (unpaired) electrons. The molecule has 1 heterocycles. The van der Waals surface area contributed by atoms with E-state index in [0.717, 1.165) is 18.1 Å². The Morgan fingerprint density at radius 2 is 1.86 bits per heavy atom. The molecule has 0 amide bonds. The van der Waals surface area contributed by atoms with Gasteiger partial charge >= 0.3 is 0 Å². The molecule has 5 nitrogen and oxygen atoms in total. The zero-order valence-corrected chi connectivity index (χ0v) is 12.7. The van der Waals surface area contributed by atoms with Gasteiger partial charge in [0.15, 0.2) is 11.6 Å². The van der Waals surface area contributed by atoms with E-state index >= 15 is 0 Å². The van der Waals surface area contributed by atoms with E-state index in [1.165, 1.54) is 17.1 Å². The lowest BCUT2D eigenvalue weighted by molar-refractivity contribution is 0.984. The highest BCUT2D eigenvalue weighted by atomic mass is 15.2. The number of nitrogens with zero attached hydrogens (tertiary/aromatic N) is 3. The molecule has 0 atom stereocenters. The second-order valence-corrected chi connectivity index (χ2v) is 4.95. The van der Waals surface area contributed by atoms with Crippen LogP contribution in [0.15, 0.2) is 48.8 Å². The molecule has 0 aliphatic heterocycles. The number of hydrogen-bond acceptors (Lipinski definition) is 5. The molecule has 0 saturated heterocycles. The predicted molar refractivity (Wildman–Crippen MR) is 92.6 cm³/mol. The lowest BCUT2D eigenvalue weighted by Crippen LogP contribution is -2.20. The van der Waals surface area contributed by atoms with Gasteiger partial charge in [0.1, 0.15) is 12.0 Å². The summed E-state index contributed by atoms with van der Waals surface area (Å²) in [6.45, 7) is 2.85. The molecule has 0 aliphatic rings. The third-order valence-electron chi connectivity index (χ3n) is 3.73. The zero-order valence-electron chi connectivity index (χ0n) is 12.7. The van der Waals surface area contributed by atoms with E-state index in [2.05, 4.69) is 57.4 Å². The molecule has 0 saturated carbocycles. The minimum absolute atomic E-state index is 0.555. The minimum atomic E-state index is 0.555. The van der Waals surface area contributed by atoms with Crippen molar-refractivity contribution >= 4 is 33.8 Å². The quantitative estimate of drug-likeness (QED) is 0.771.